The minimum absolute atomic E-state index is 0. The Morgan fingerprint density at radius 2 is 1.03 bits per heavy atom. The largest absolute Gasteiger partial charge is 0.399 e. The van der Waals surface area contributed by atoms with E-state index in [-0.39, 0.29) is 16.3 Å². The molecule has 59 heavy (non-hydrogen) atoms. The van der Waals surface area contributed by atoms with Crippen LogP contribution in [0.1, 0.15) is 37.8 Å². The Balaban J connectivity index is -0.000000416. The second-order valence-electron chi connectivity index (χ2n) is 10.0. The van der Waals surface area contributed by atoms with Gasteiger partial charge in [-0.05, 0) is 95.6 Å². The summed E-state index contributed by atoms with van der Waals surface area (Å²) in [6, 6.07) is 20.0. The number of hydrogen-bond donors (Lipinski definition) is 5. The van der Waals surface area contributed by atoms with Crippen molar-refractivity contribution in [3.05, 3.63) is 112 Å². The molecule has 0 saturated carbocycles. The van der Waals surface area contributed by atoms with Crippen molar-refractivity contribution in [2.75, 3.05) is 40.1 Å². The molecule has 0 fully saturated rings. The van der Waals surface area contributed by atoms with Gasteiger partial charge >= 0.3 is 0 Å². The number of hydrogen-bond acceptors (Lipinski definition) is 9. The van der Waals surface area contributed by atoms with Gasteiger partial charge in [0.1, 0.15) is 23.3 Å². The van der Waals surface area contributed by atoms with Crippen molar-refractivity contribution < 1.29 is 68.4 Å². The molecule has 6 N–H and O–H groups in total. The zero-order valence-corrected chi connectivity index (χ0v) is 32.7. The predicted octanol–water partition coefficient (Wildman–Crippen LogP) is 13.9. The van der Waals surface area contributed by atoms with Gasteiger partial charge in [-0.25, -0.2) is 18.7 Å². The van der Waals surface area contributed by atoms with Gasteiger partial charge in [-0.15, -0.1) is 0 Å². The fourth-order valence-corrected chi connectivity index (χ4v) is 4.44. The number of nitrogen functional groups attached to an aromatic ring is 1. The highest BCUT2D eigenvalue weighted by atomic mass is 127. The predicted molar refractivity (Wildman–Crippen MR) is 209 cm³/mol. The SMILES string of the molecule is CCCNc1nc(Nc2cccc(F)c2)ncc1/C=C/c1cccc(N)c1.CCCNc1nc(Nc2cccc(F)c2)ncc1I.F.FF.FF.FF.FF.FF.FF. The zero-order valence-electron chi connectivity index (χ0n) is 30.5. The Labute approximate surface area is 341 Å². The first-order valence-electron chi connectivity index (χ1n) is 15.6. The molecule has 3 aromatic carbocycles. The van der Waals surface area contributed by atoms with Crippen LogP contribution in [0.3, 0.4) is 0 Å². The van der Waals surface area contributed by atoms with E-state index in [0.29, 0.717) is 34.8 Å². The third-order valence-electron chi connectivity index (χ3n) is 6.17. The molecule has 2 heterocycles. The summed E-state index contributed by atoms with van der Waals surface area (Å²) in [5.74, 6) is 1.75. The molecule has 0 unspecified atom stereocenters. The fourth-order valence-electron chi connectivity index (χ4n) is 3.99. The van der Waals surface area contributed by atoms with Crippen LogP contribution in [-0.2, 0) is 0 Å². The molecule has 0 spiro atoms. The van der Waals surface area contributed by atoms with E-state index in [1.165, 1.54) is 24.3 Å². The van der Waals surface area contributed by atoms with Gasteiger partial charge in [-0.2, -0.15) is 9.97 Å². The van der Waals surface area contributed by atoms with Crippen LogP contribution in [-0.4, -0.2) is 33.0 Å². The van der Waals surface area contributed by atoms with E-state index in [0.717, 1.165) is 46.4 Å². The second kappa shape index (κ2) is 40.4. The van der Waals surface area contributed by atoms with E-state index < -0.39 is 0 Å². The highest BCUT2D eigenvalue weighted by Gasteiger charge is 2.07. The Kier molecular flexibility index (Phi) is 41.1. The van der Waals surface area contributed by atoms with Gasteiger partial charge in [-0.3, -0.25) is 4.70 Å². The van der Waals surface area contributed by atoms with Crippen LogP contribution in [0.2, 0.25) is 0 Å². The highest BCUT2D eigenvalue weighted by Crippen LogP contribution is 2.22. The van der Waals surface area contributed by atoms with Crippen molar-refractivity contribution in [1.82, 2.24) is 19.9 Å². The molecule has 0 atom stereocenters. The molecule has 0 aliphatic carbocycles. The minimum Gasteiger partial charge on any atom is -0.399 e. The van der Waals surface area contributed by atoms with Crippen molar-refractivity contribution in [3.8, 4) is 0 Å². The topological polar surface area (TPSA) is 126 Å². The number of nitrogens with two attached hydrogens (primary N) is 1. The smallest absolute Gasteiger partial charge is 0.229 e. The van der Waals surface area contributed by atoms with Crippen molar-refractivity contribution in [3.63, 3.8) is 0 Å². The Bertz CT molecular complexity index is 1790. The number of nitrogens with zero attached hydrogens (tertiary/aromatic N) is 4. The van der Waals surface area contributed by atoms with E-state index in [1.54, 1.807) is 36.7 Å². The Hall–Kier alpha value is -5.76. The van der Waals surface area contributed by atoms with Crippen molar-refractivity contribution in [2.24, 2.45) is 0 Å². The van der Waals surface area contributed by atoms with Crippen molar-refractivity contribution in [1.29, 1.82) is 0 Å². The number of halogens is 16. The monoisotopic (exact) mass is 983 g/mol. The molecule has 5 rings (SSSR count). The summed E-state index contributed by atoms with van der Waals surface area (Å²) < 4.78 is 123. The highest BCUT2D eigenvalue weighted by molar-refractivity contribution is 14.1. The molecule has 2 aromatic heterocycles. The van der Waals surface area contributed by atoms with Gasteiger partial charge in [-0.1, -0.05) is 44.2 Å². The van der Waals surface area contributed by atoms with Crippen molar-refractivity contribution in [2.45, 2.75) is 26.7 Å². The second-order valence-corrected chi connectivity index (χ2v) is 11.2. The first-order valence-corrected chi connectivity index (χ1v) is 16.7. The lowest BCUT2D eigenvalue weighted by atomic mass is 10.1. The summed E-state index contributed by atoms with van der Waals surface area (Å²) >= 11 is 2.18. The molecule has 0 radical (unpaired) electrons. The Morgan fingerprint density at radius 3 is 1.49 bits per heavy atom. The lowest BCUT2D eigenvalue weighted by molar-refractivity contribution is 0.108. The fraction of sp³-hybridized carbons (Fsp3) is 0.176. The molecular formula is C34H37F15IN9. The van der Waals surface area contributed by atoms with Crippen LogP contribution in [0.4, 0.5) is 109 Å². The number of anilines is 7. The molecule has 0 bridgehead atoms. The standard InChI is InChI=1S/C21H22FN5.C13H14FIN4.6F2.FH/c1-2-11-24-20-16(10-9-15-5-3-7-18(23)12-15)14-25-21(27-20)26-19-8-4-6-17(22)13-19;1-2-6-16-12-11(15)8-17-13(19-12)18-10-5-3-4-9(14)7-10;6*1-2;/h3-10,12-14H,2,11,23H2,1H3,(H2,24,25,26,27);3-5,7-8H,2,6H2,1H3,(H2,16,17,18,19);;;;;;;1H/b10-9+;;;;;;;;. The number of aromatic nitrogens is 4. The average Bonchev–Trinajstić information content (AvgIpc) is 3.27. The quantitative estimate of drug-likeness (QED) is 0.0472. The maximum absolute atomic E-state index is 13.4. The normalized spacial score (nSPS) is 8.90. The Morgan fingerprint density at radius 1 is 0.593 bits per heavy atom. The first kappa shape index (κ1) is 59.9. The molecule has 330 valence electrons. The van der Waals surface area contributed by atoms with Crippen molar-refractivity contribution >= 4 is 75.3 Å². The van der Waals surface area contributed by atoms with Gasteiger partial charge in [0.25, 0.3) is 0 Å². The lowest BCUT2D eigenvalue weighted by Crippen LogP contribution is -2.07. The third-order valence-corrected chi connectivity index (χ3v) is 6.96. The summed E-state index contributed by atoms with van der Waals surface area (Å²) in [7, 11) is 0. The van der Waals surface area contributed by atoms with Crippen LogP contribution in [0.25, 0.3) is 12.2 Å². The first-order chi connectivity index (χ1) is 28.3. The third kappa shape index (κ3) is 26.0. The van der Waals surface area contributed by atoms with Crippen LogP contribution >= 0.6 is 22.6 Å². The summed E-state index contributed by atoms with van der Waals surface area (Å²) in [6.45, 7) is 5.82. The summed E-state index contributed by atoms with van der Waals surface area (Å²) in [6.07, 6.45) is 9.36. The maximum atomic E-state index is 13.4. The van der Waals surface area contributed by atoms with E-state index in [4.69, 9.17) is 60.6 Å². The van der Waals surface area contributed by atoms with E-state index in [9.17, 15) is 8.78 Å². The van der Waals surface area contributed by atoms with Crippen LogP contribution in [0, 0.1) is 15.2 Å². The zero-order chi connectivity index (χ0) is 44.7. The van der Waals surface area contributed by atoms with E-state index in [1.807, 2.05) is 36.4 Å². The summed E-state index contributed by atoms with van der Waals surface area (Å²) in [4.78, 5) is 17.4. The molecule has 0 saturated heterocycles. The summed E-state index contributed by atoms with van der Waals surface area (Å²) in [5, 5.41) is 12.5. The van der Waals surface area contributed by atoms with Gasteiger partial charge in [0, 0.05) is 103 Å². The van der Waals surface area contributed by atoms with Gasteiger partial charge < -0.3 is 27.0 Å². The molecule has 25 heteroatoms. The number of rotatable bonds is 12. The molecule has 9 nitrogen and oxygen atoms in total. The lowest BCUT2D eigenvalue weighted by Gasteiger charge is -2.11. The molecule has 0 aliphatic heterocycles. The molecular weight excluding hydrogens is 946 g/mol. The molecule has 0 aliphatic rings. The van der Waals surface area contributed by atoms with Gasteiger partial charge in [0.2, 0.25) is 11.9 Å². The van der Waals surface area contributed by atoms with Crippen LogP contribution < -0.4 is 27.0 Å². The molecule has 0 amide bonds. The number of benzene rings is 3. The van der Waals surface area contributed by atoms with Crippen LogP contribution in [0.15, 0.2) is 85.2 Å². The van der Waals surface area contributed by atoms with Gasteiger partial charge in [0.15, 0.2) is 0 Å². The van der Waals surface area contributed by atoms with E-state index in [2.05, 4.69) is 77.6 Å². The van der Waals surface area contributed by atoms with Crippen LogP contribution in [0.5, 0.6) is 0 Å². The molecule has 5 aromatic rings. The average molecular weight is 984 g/mol. The summed E-state index contributed by atoms with van der Waals surface area (Å²) in [5.41, 5.74) is 9.62. The number of nitrogens with one attached hydrogen (secondary N) is 4. The maximum Gasteiger partial charge on any atom is 0.229 e. The minimum atomic E-state index is -0.314. The van der Waals surface area contributed by atoms with E-state index >= 15 is 0 Å². The van der Waals surface area contributed by atoms with Gasteiger partial charge in [0.05, 0.1) is 3.57 Å².